The Labute approximate surface area is 110 Å². The summed E-state index contributed by atoms with van der Waals surface area (Å²) < 4.78 is 17.2. The monoisotopic (exact) mass is 266 g/mol. The Kier molecular flexibility index (Phi) is 5.83. The number of rotatable bonds is 6. The molecule has 0 aliphatic rings. The van der Waals surface area contributed by atoms with Crippen LogP contribution < -0.4 is 10.5 Å². The van der Waals surface area contributed by atoms with Crippen molar-refractivity contribution < 1.29 is 8.95 Å². The van der Waals surface area contributed by atoms with Crippen LogP contribution in [-0.2, 0) is 16.6 Å². The van der Waals surface area contributed by atoms with Crippen LogP contribution in [-0.4, -0.2) is 23.6 Å². The normalized spacial score (nSPS) is 13.7. The van der Waals surface area contributed by atoms with E-state index in [0.29, 0.717) is 29.4 Å². The lowest BCUT2D eigenvalue weighted by molar-refractivity contribution is 0.411. The minimum absolute atomic E-state index is 0.232. The highest BCUT2D eigenvalue weighted by Crippen LogP contribution is 2.21. The van der Waals surface area contributed by atoms with Gasteiger partial charge in [0.2, 0.25) is 0 Å². The number of hydrogen-bond acceptors (Lipinski definition) is 4. The van der Waals surface area contributed by atoms with E-state index in [9.17, 15) is 4.21 Å². The molecule has 0 radical (unpaired) electrons. The number of ether oxygens (including phenoxy) is 1. The van der Waals surface area contributed by atoms with E-state index in [2.05, 4.69) is 6.07 Å². The zero-order valence-corrected chi connectivity index (χ0v) is 11.5. The van der Waals surface area contributed by atoms with E-state index in [1.807, 2.05) is 6.92 Å². The molecule has 0 saturated carbocycles. The van der Waals surface area contributed by atoms with Gasteiger partial charge in [0, 0.05) is 22.1 Å². The highest BCUT2D eigenvalue weighted by molar-refractivity contribution is 7.84. The number of benzene rings is 1. The van der Waals surface area contributed by atoms with Crippen molar-refractivity contribution in [3.8, 4) is 11.8 Å². The maximum atomic E-state index is 12.0. The first kappa shape index (κ1) is 14.7. The van der Waals surface area contributed by atoms with E-state index >= 15 is 0 Å². The van der Waals surface area contributed by atoms with Crippen molar-refractivity contribution in [1.82, 2.24) is 0 Å². The second-order valence-electron chi connectivity index (χ2n) is 4.23. The van der Waals surface area contributed by atoms with Crippen LogP contribution in [0, 0.1) is 17.2 Å². The number of methoxy groups -OCH3 is 1. The molecule has 2 atom stereocenters. The molecule has 18 heavy (non-hydrogen) atoms. The molecule has 0 aliphatic heterocycles. The lowest BCUT2D eigenvalue weighted by atomic mass is 10.1. The third-order valence-electron chi connectivity index (χ3n) is 2.60. The molecule has 1 aromatic carbocycles. The van der Waals surface area contributed by atoms with Gasteiger partial charge in [0.1, 0.15) is 5.75 Å². The van der Waals surface area contributed by atoms with Gasteiger partial charge < -0.3 is 10.5 Å². The fourth-order valence-corrected chi connectivity index (χ4v) is 3.04. The summed E-state index contributed by atoms with van der Waals surface area (Å²) in [5.41, 5.74) is 6.87. The number of hydrogen-bond donors (Lipinski definition) is 1. The summed E-state index contributed by atoms with van der Waals surface area (Å²) >= 11 is 0. The van der Waals surface area contributed by atoms with Gasteiger partial charge in [-0.1, -0.05) is 6.92 Å². The largest absolute Gasteiger partial charge is 0.496 e. The maximum Gasteiger partial charge on any atom is 0.123 e. The summed E-state index contributed by atoms with van der Waals surface area (Å²) in [6.45, 7) is 2.50. The fraction of sp³-hybridized carbons (Fsp3) is 0.462. The maximum absolute atomic E-state index is 12.0. The SMILES string of the molecule is COc1ccc(C#N)cc1CS(=O)CC(C)CN. The predicted octanol–water partition coefficient (Wildman–Crippen LogP) is 1.41. The van der Waals surface area contributed by atoms with E-state index in [4.69, 9.17) is 15.7 Å². The van der Waals surface area contributed by atoms with Gasteiger partial charge in [0.05, 0.1) is 24.5 Å². The third kappa shape index (κ3) is 4.13. The van der Waals surface area contributed by atoms with E-state index in [1.165, 1.54) is 0 Å². The molecule has 2 unspecified atom stereocenters. The van der Waals surface area contributed by atoms with E-state index in [-0.39, 0.29) is 5.92 Å². The minimum Gasteiger partial charge on any atom is -0.496 e. The predicted molar refractivity (Wildman–Crippen MR) is 72.6 cm³/mol. The van der Waals surface area contributed by atoms with Crippen molar-refractivity contribution in [1.29, 1.82) is 5.26 Å². The van der Waals surface area contributed by atoms with E-state index in [0.717, 1.165) is 5.56 Å². The van der Waals surface area contributed by atoms with Crippen LogP contribution >= 0.6 is 0 Å². The first-order valence-corrected chi connectivity index (χ1v) is 7.21. The molecule has 0 heterocycles. The summed E-state index contributed by atoms with van der Waals surface area (Å²) in [6, 6.07) is 7.22. The molecule has 0 saturated heterocycles. The zero-order valence-electron chi connectivity index (χ0n) is 10.7. The van der Waals surface area contributed by atoms with Gasteiger partial charge in [-0.2, -0.15) is 5.26 Å². The van der Waals surface area contributed by atoms with Gasteiger partial charge in [-0.3, -0.25) is 4.21 Å². The molecule has 2 N–H and O–H groups in total. The molecular formula is C13H18N2O2S. The van der Waals surface area contributed by atoms with Gasteiger partial charge in [0.25, 0.3) is 0 Å². The summed E-state index contributed by atoms with van der Waals surface area (Å²) in [6.07, 6.45) is 0. The van der Waals surface area contributed by atoms with Crippen LogP contribution in [0.3, 0.4) is 0 Å². The van der Waals surface area contributed by atoms with Gasteiger partial charge in [-0.05, 0) is 30.7 Å². The van der Waals surface area contributed by atoms with Crippen LogP contribution in [0.1, 0.15) is 18.1 Å². The molecular weight excluding hydrogens is 248 g/mol. The van der Waals surface area contributed by atoms with Crippen molar-refractivity contribution in [2.45, 2.75) is 12.7 Å². The number of nitrogens with zero attached hydrogens (tertiary/aromatic N) is 1. The van der Waals surface area contributed by atoms with Crippen LogP contribution in [0.4, 0.5) is 0 Å². The van der Waals surface area contributed by atoms with Crippen molar-refractivity contribution in [3.63, 3.8) is 0 Å². The second kappa shape index (κ2) is 7.14. The quantitative estimate of drug-likeness (QED) is 0.844. The molecule has 0 amide bonds. The van der Waals surface area contributed by atoms with E-state index < -0.39 is 10.8 Å². The second-order valence-corrected chi connectivity index (χ2v) is 5.73. The fourth-order valence-electron chi connectivity index (χ4n) is 1.58. The molecule has 5 heteroatoms. The first-order chi connectivity index (χ1) is 8.60. The van der Waals surface area contributed by atoms with Gasteiger partial charge in [-0.15, -0.1) is 0 Å². The van der Waals surface area contributed by atoms with E-state index in [1.54, 1.807) is 25.3 Å². The Hall–Kier alpha value is -1.38. The summed E-state index contributed by atoms with van der Waals surface area (Å²) in [7, 11) is 0.573. The Morgan fingerprint density at radius 3 is 2.83 bits per heavy atom. The smallest absolute Gasteiger partial charge is 0.123 e. The Morgan fingerprint density at radius 1 is 1.56 bits per heavy atom. The third-order valence-corrected chi connectivity index (χ3v) is 4.17. The Morgan fingerprint density at radius 2 is 2.28 bits per heavy atom. The molecule has 0 fully saturated rings. The topological polar surface area (TPSA) is 76.1 Å². The highest BCUT2D eigenvalue weighted by Gasteiger charge is 2.11. The summed E-state index contributed by atoms with van der Waals surface area (Å²) in [5.74, 6) is 1.86. The number of nitriles is 1. The lowest BCUT2D eigenvalue weighted by Crippen LogP contribution is -2.18. The van der Waals surface area contributed by atoms with Gasteiger partial charge >= 0.3 is 0 Å². The van der Waals surface area contributed by atoms with Crippen molar-refractivity contribution >= 4 is 10.8 Å². The molecule has 0 aliphatic carbocycles. The Bertz CT molecular complexity index is 469. The average Bonchev–Trinajstić information content (AvgIpc) is 2.38. The highest BCUT2D eigenvalue weighted by atomic mass is 32.2. The van der Waals surface area contributed by atoms with Crippen LogP contribution in [0.5, 0.6) is 5.75 Å². The van der Waals surface area contributed by atoms with Crippen LogP contribution in [0.15, 0.2) is 18.2 Å². The molecule has 0 spiro atoms. The molecule has 0 bridgehead atoms. The van der Waals surface area contributed by atoms with Crippen LogP contribution in [0.25, 0.3) is 0 Å². The summed E-state index contributed by atoms with van der Waals surface area (Å²) in [4.78, 5) is 0. The van der Waals surface area contributed by atoms with Gasteiger partial charge in [-0.25, -0.2) is 0 Å². The molecule has 4 nitrogen and oxygen atoms in total. The summed E-state index contributed by atoms with van der Waals surface area (Å²) in [5, 5.41) is 8.86. The molecule has 1 rings (SSSR count). The molecule has 0 aromatic heterocycles. The minimum atomic E-state index is -0.993. The average molecular weight is 266 g/mol. The first-order valence-electron chi connectivity index (χ1n) is 5.72. The van der Waals surface area contributed by atoms with Gasteiger partial charge in [0.15, 0.2) is 0 Å². The van der Waals surface area contributed by atoms with Crippen molar-refractivity contribution in [2.24, 2.45) is 11.7 Å². The van der Waals surface area contributed by atoms with Crippen molar-refractivity contribution in [2.75, 3.05) is 19.4 Å². The molecule has 1 aromatic rings. The van der Waals surface area contributed by atoms with Crippen molar-refractivity contribution in [3.05, 3.63) is 29.3 Å². The zero-order chi connectivity index (χ0) is 13.5. The molecule has 98 valence electrons. The van der Waals surface area contributed by atoms with Crippen LogP contribution in [0.2, 0.25) is 0 Å². The standard InChI is InChI=1S/C13H18N2O2S/c1-10(6-14)8-18(16)9-12-5-11(7-15)3-4-13(12)17-2/h3-5,10H,6,8-9,14H2,1-2H3. The lowest BCUT2D eigenvalue weighted by Gasteiger charge is -2.11. The number of nitrogens with two attached hydrogens (primary N) is 1. The Balaban J connectivity index is 2.82.